The van der Waals surface area contributed by atoms with Crippen LogP contribution in [-0.4, -0.2) is 31.4 Å². The number of rotatable bonds is 5. The van der Waals surface area contributed by atoms with Crippen molar-refractivity contribution in [2.24, 2.45) is 5.10 Å². The maximum atomic E-state index is 12.2. The van der Waals surface area contributed by atoms with E-state index in [1.165, 1.54) is 20.4 Å². The minimum absolute atomic E-state index is 0.124. The maximum absolute atomic E-state index is 12.2. The van der Waals surface area contributed by atoms with Crippen LogP contribution in [0.1, 0.15) is 15.9 Å². The van der Waals surface area contributed by atoms with E-state index in [-0.39, 0.29) is 10.8 Å². The molecule has 0 aliphatic carbocycles. The highest BCUT2D eigenvalue weighted by Gasteiger charge is 2.10. The molecule has 8 heteroatoms. The van der Waals surface area contributed by atoms with E-state index in [9.17, 15) is 9.90 Å². The third-order valence-corrected chi connectivity index (χ3v) is 3.79. The van der Waals surface area contributed by atoms with Crippen molar-refractivity contribution < 1.29 is 19.4 Å². The van der Waals surface area contributed by atoms with Crippen LogP contribution in [0.15, 0.2) is 39.9 Å². The molecule has 0 aromatic heterocycles. The van der Waals surface area contributed by atoms with Gasteiger partial charge in [-0.2, -0.15) is 5.10 Å². The maximum Gasteiger partial charge on any atom is 0.271 e. The third kappa shape index (κ3) is 4.39. The van der Waals surface area contributed by atoms with E-state index in [1.807, 2.05) is 0 Å². The van der Waals surface area contributed by atoms with Crippen molar-refractivity contribution in [3.63, 3.8) is 0 Å². The van der Waals surface area contributed by atoms with Gasteiger partial charge in [-0.15, -0.1) is 0 Å². The van der Waals surface area contributed by atoms with Gasteiger partial charge in [0.05, 0.1) is 25.5 Å². The smallest absolute Gasteiger partial charge is 0.271 e. The molecule has 0 radical (unpaired) electrons. The Balaban J connectivity index is 2.16. The molecule has 0 heterocycles. The van der Waals surface area contributed by atoms with Gasteiger partial charge in [0.1, 0.15) is 17.2 Å². The lowest BCUT2D eigenvalue weighted by atomic mass is 10.2. The summed E-state index contributed by atoms with van der Waals surface area (Å²) in [5, 5.41) is 13.9. The van der Waals surface area contributed by atoms with Crippen molar-refractivity contribution in [3.05, 3.63) is 51.0 Å². The average Bonchev–Trinajstić information content (AvgIpc) is 2.58. The molecule has 0 spiro atoms. The Morgan fingerprint density at radius 2 is 1.83 bits per heavy atom. The molecule has 0 saturated carbocycles. The highest BCUT2D eigenvalue weighted by molar-refractivity contribution is 9.10. The number of carbonyl (C=O) groups is 1. The molecule has 2 rings (SSSR count). The van der Waals surface area contributed by atoms with Crippen molar-refractivity contribution in [2.75, 3.05) is 14.2 Å². The molecule has 2 N–H and O–H groups in total. The molecule has 0 aliphatic heterocycles. The van der Waals surface area contributed by atoms with Crippen molar-refractivity contribution in [3.8, 4) is 17.2 Å². The zero-order valence-corrected chi connectivity index (χ0v) is 15.2. The number of amides is 1. The molecule has 1 amide bonds. The van der Waals surface area contributed by atoms with Crippen LogP contribution in [0.3, 0.4) is 0 Å². The van der Waals surface area contributed by atoms with Crippen LogP contribution in [0.5, 0.6) is 17.2 Å². The van der Waals surface area contributed by atoms with Gasteiger partial charge < -0.3 is 14.6 Å². The standard InChI is InChI=1S/C16H14BrClN2O4/c1-23-12-4-9(5-13(7-12)24-2)16(22)20-19-8-10-3-11(17)6-14(18)15(10)21/h3-8,21H,1-2H3,(H,20,22)/b19-8+. The number of ether oxygens (including phenoxy) is 2. The quantitative estimate of drug-likeness (QED) is 0.580. The molecule has 0 unspecified atom stereocenters. The Morgan fingerprint density at radius 1 is 1.21 bits per heavy atom. The molecule has 126 valence electrons. The minimum Gasteiger partial charge on any atom is -0.506 e. The number of halogens is 2. The second-order valence-electron chi connectivity index (χ2n) is 4.63. The van der Waals surface area contributed by atoms with Crippen LogP contribution >= 0.6 is 27.5 Å². The lowest BCUT2D eigenvalue weighted by Crippen LogP contribution is -2.17. The monoisotopic (exact) mass is 412 g/mol. The number of benzene rings is 2. The zero-order chi connectivity index (χ0) is 17.7. The molecule has 2 aromatic carbocycles. The summed E-state index contributed by atoms with van der Waals surface area (Å²) in [4.78, 5) is 12.2. The molecule has 24 heavy (non-hydrogen) atoms. The van der Waals surface area contributed by atoms with Gasteiger partial charge in [-0.05, 0) is 24.3 Å². The van der Waals surface area contributed by atoms with Crippen LogP contribution in [-0.2, 0) is 0 Å². The summed E-state index contributed by atoms with van der Waals surface area (Å²) in [7, 11) is 2.99. The Hall–Kier alpha value is -2.25. The number of methoxy groups -OCH3 is 2. The predicted molar refractivity (Wildman–Crippen MR) is 95.4 cm³/mol. The first-order chi connectivity index (χ1) is 11.4. The molecule has 0 atom stereocenters. The van der Waals surface area contributed by atoms with Crippen molar-refractivity contribution in [1.29, 1.82) is 0 Å². The molecular weight excluding hydrogens is 400 g/mol. The minimum atomic E-state index is -0.455. The van der Waals surface area contributed by atoms with Gasteiger partial charge >= 0.3 is 0 Å². The summed E-state index contributed by atoms with van der Waals surface area (Å²) in [6.07, 6.45) is 1.29. The lowest BCUT2D eigenvalue weighted by molar-refractivity contribution is 0.0954. The predicted octanol–water partition coefficient (Wildman–Crippen LogP) is 3.59. The summed E-state index contributed by atoms with van der Waals surface area (Å²) >= 11 is 9.13. The zero-order valence-electron chi connectivity index (χ0n) is 12.8. The van der Waals surface area contributed by atoms with E-state index < -0.39 is 5.91 Å². The topological polar surface area (TPSA) is 80.2 Å². The first kappa shape index (κ1) is 18.1. The number of aromatic hydroxyl groups is 1. The molecule has 0 aliphatic rings. The largest absolute Gasteiger partial charge is 0.506 e. The van der Waals surface area contributed by atoms with Crippen LogP contribution in [0.25, 0.3) is 0 Å². The fourth-order valence-electron chi connectivity index (χ4n) is 1.85. The second-order valence-corrected chi connectivity index (χ2v) is 5.95. The Kier molecular flexibility index (Phi) is 6.05. The van der Waals surface area contributed by atoms with E-state index in [0.717, 1.165) is 0 Å². The fourth-order valence-corrected chi connectivity index (χ4v) is 2.68. The Morgan fingerprint density at radius 3 is 2.42 bits per heavy atom. The Bertz CT molecular complexity index is 774. The van der Waals surface area contributed by atoms with Gasteiger partial charge in [0.2, 0.25) is 0 Å². The van der Waals surface area contributed by atoms with Crippen LogP contribution in [0, 0.1) is 0 Å². The summed E-state index contributed by atoms with van der Waals surface area (Å²) in [5.74, 6) is 0.393. The highest BCUT2D eigenvalue weighted by atomic mass is 79.9. The number of nitrogens with zero attached hydrogens (tertiary/aromatic N) is 1. The van der Waals surface area contributed by atoms with E-state index in [2.05, 4.69) is 26.5 Å². The van der Waals surface area contributed by atoms with Crippen LogP contribution < -0.4 is 14.9 Å². The molecule has 6 nitrogen and oxygen atoms in total. The number of phenolic OH excluding ortho intramolecular Hbond substituents is 1. The van der Waals surface area contributed by atoms with Gasteiger partial charge in [0.25, 0.3) is 5.91 Å². The summed E-state index contributed by atoms with van der Waals surface area (Å²) in [6, 6.07) is 7.93. The number of phenols is 1. The van der Waals surface area contributed by atoms with E-state index >= 15 is 0 Å². The number of hydrogen-bond acceptors (Lipinski definition) is 5. The van der Waals surface area contributed by atoms with Crippen LogP contribution in [0.2, 0.25) is 5.02 Å². The van der Waals surface area contributed by atoms with E-state index in [0.29, 0.717) is 27.1 Å². The lowest BCUT2D eigenvalue weighted by Gasteiger charge is -2.07. The van der Waals surface area contributed by atoms with E-state index in [1.54, 1.807) is 30.3 Å². The van der Waals surface area contributed by atoms with E-state index in [4.69, 9.17) is 21.1 Å². The molecular formula is C16H14BrClN2O4. The normalized spacial score (nSPS) is 10.7. The SMILES string of the molecule is COc1cc(OC)cc(C(=O)N/N=C/c2cc(Br)cc(Cl)c2O)c1. The van der Waals surface area contributed by atoms with Gasteiger partial charge in [-0.3, -0.25) is 4.79 Å². The fraction of sp³-hybridized carbons (Fsp3) is 0.125. The number of nitrogens with one attached hydrogen (secondary N) is 1. The van der Waals surface area contributed by atoms with Gasteiger partial charge in [-0.25, -0.2) is 5.43 Å². The van der Waals surface area contributed by atoms with Gasteiger partial charge in [-0.1, -0.05) is 27.5 Å². The number of hydrogen-bond donors (Lipinski definition) is 2. The Labute approximate surface area is 152 Å². The van der Waals surface area contributed by atoms with Gasteiger partial charge in [0, 0.05) is 21.7 Å². The van der Waals surface area contributed by atoms with Gasteiger partial charge in [0.15, 0.2) is 0 Å². The van der Waals surface area contributed by atoms with Crippen LogP contribution in [0.4, 0.5) is 0 Å². The molecule has 2 aromatic rings. The first-order valence-electron chi connectivity index (χ1n) is 6.69. The van der Waals surface area contributed by atoms with Crippen molar-refractivity contribution in [1.82, 2.24) is 5.43 Å². The second kappa shape index (κ2) is 8.03. The molecule has 0 fully saturated rings. The van der Waals surface area contributed by atoms with Crippen molar-refractivity contribution in [2.45, 2.75) is 0 Å². The van der Waals surface area contributed by atoms with Crippen molar-refractivity contribution >= 4 is 39.7 Å². The highest BCUT2D eigenvalue weighted by Crippen LogP contribution is 2.30. The first-order valence-corrected chi connectivity index (χ1v) is 7.86. The number of carbonyl (C=O) groups excluding carboxylic acids is 1. The molecule has 0 saturated heterocycles. The summed E-state index contributed by atoms with van der Waals surface area (Å²) in [5.41, 5.74) is 3.04. The summed E-state index contributed by atoms with van der Waals surface area (Å²) < 4.78 is 10.9. The summed E-state index contributed by atoms with van der Waals surface area (Å²) in [6.45, 7) is 0. The molecule has 0 bridgehead atoms. The third-order valence-electron chi connectivity index (χ3n) is 3.04. The average molecular weight is 414 g/mol. The number of hydrazone groups is 1.